The lowest BCUT2D eigenvalue weighted by Crippen LogP contribution is -2.31. The molecule has 0 N–H and O–H groups in total. The fraction of sp³-hybridized carbons (Fsp3) is 0.400. The van der Waals surface area contributed by atoms with Crippen LogP contribution in [0.25, 0.3) is 0 Å². The molecular weight excluding hydrogens is 244 g/mol. The minimum Gasteiger partial charge on any atom is -0.465 e. The number of benzene rings is 1. The van der Waals surface area contributed by atoms with E-state index in [2.05, 4.69) is 11.8 Å². The summed E-state index contributed by atoms with van der Waals surface area (Å²) < 4.78 is 15.2. The van der Waals surface area contributed by atoms with Crippen molar-refractivity contribution in [1.82, 2.24) is 0 Å². The average Bonchev–Trinajstić information content (AvgIpc) is 2.44. The first-order valence-corrected chi connectivity index (χ1v) is 6.01. The molecule has 0 radical (unpaired) electrons. The van der Waals surface area contributed by atoms with Crippen molar-refractivity contribution in [2.45, 2.75) is 13.2 Å². The van der Waals surface area contributed by atoms with E-state index >= 15 is 0 Å². The van der Waals surface area contributed by atoms with Crippen LogP contribution in [-0.4, -0.2) is 33.1 Å². The monoisotopic (exact) mass is 262 g/mol. The van der Waals surface area contributed by atoms with Crippen LogP contribution in [0.5, 0.6) is 0 Å². The highest BCUT2D eigenvalue weighted by Gasteiger charge is 2.28. The van der Waals surface area contributed by atoms with Crippen molar-refractivity contribution in [2.75, 3.05) is 20.8 Å². The maximum Gasteiger partial charge on any atom is 0.326 e. The van der Waals surface area contributed by atoms with Gasteiger partial charge in [0.15, 0.2) is 12.2 Å². The Kier molecular flexibility index (Phi) is 6.65. The predicted octanol–water partition coefficient (Wildman–Crippen LogP) is 1.84. The van der Waals surface area contributed by atoms with Crippen LogP contribution >= 0.6 is 0 Å². The van der Waals surface area contributed by atoms with Gasteiger partial charge >= 0.3 is 5.97 Å². The molecule has 0 aromatic heterocycles. The second-order valence-electron chi connectivity index (χ2n) is 3.70. The van der Waals surface area contributed by atoms with Crippen molar-refractivity contribution in [3.8, 4) is 11.8 Å². The number of ether oxygens (including phenoxy) is 3. The Morgan fingerprint density at radius 2 is 1.84 bits per heavy atom. The molecule has 0 spiro atoms. The minimum atomic E-state index is -0.768. The van der Waals surface area contributed by atoms with E-state index in [0.29, 0.717) is 6.61 Å². The van der Waals surface area contributed by atoms with Crippen LogP contribution < -0.4 is 0 Å². The number of hydrogen-bond acceptors (Lipinski definition) is 4. The number of carbonyl (C=O) groups excluding carboxylic acids is 1. The summed E-state index contributed by atoms with van der Waals surface area (Å²) in [6.45, 7) is 2.04. The summed E-state index contributed by atoms with van der Waals surface area (Å²) >= 11 is 0. The van der Waals surface area contributed by atoms with Crippen molar-refractivity contribution >= 4 is 5.97 Å². The number of esters is 1. The first-order chi connectivity index (χ1) is 9.22. The summed E-state index contributed by atoms with van der Waals surface area (Å²) in [4.78, 5) is 11.8. The third-order valence-corrected chi connectivity index (χ3v) is 2.42. The van der Waals surface area contributed by atoms with Gasteiger partial charge in [-0.2, -0.15) is 0 Å². The van der Waals surface area contributed by atoms with Gasteiger partial charge in [0, 0.05) is 19.8 Å². The molecule has 0 aliphatic rings. The summed E-state index contributed by atoms with van der Waals surface area (Å²) in [6.07, 6.45) is -0.740. The van der Waals surface area contributed by atoms with Gasteiger partial charge in [-0.25, -0.2) is 0 Å². The molecule has 1 unspecified atom stereocenters. The SMILES string of the molecule is CCOC(=O)C(C#Cc1ccccc1)C(OC)OC. The van der Waals surface area contributed by atoms with Crippen LogP contribution in [0.15, 0.2) is 30.3 Å². The molecular formula is C15H18O4. The first-order valence-electron chi connectivity index (χ1n) is 6.01. The minimum absolute atomic E-state index is 0.294. The van der Waals surface area contributed by atoms with Gasteiger partial charge in [0.05, 0.1) is 6.61 Å². The molecule has 0 aliphatic carbocycles. The molecule has 1 rings (SSSR count). The molecule has 0 amide bonds. The molecule has 1 aromatic rings. The lowest BCUT2D eigenvalue weighted by atomic mass is 10.1. The summed E-state index contributed by atoms with van der Waals surface area (Å²) in [5, 5.41) is 0. The molecule has 0 fully saturated rings. The van der Waals surface area contributed by atoms with Crippen LogP contribution in [-0.2, 0) is 19.0 Å². The van der Waals surface area contributed by atoms with E-state index in [4.69, 9.17) is 14.2 Å². The molecule has 0 heterocycles. The predicted molar refractivity (Wildman–Crippen MR) is 71.2 cm³/mol. The summed E-state index contributed by atoms with van der Waals surface area (Å²) in [6, 6.07) is 9.40. The van der Waals surface area contributed by atoms with E-state index in [1.807, 2.05) is 30.3 Å². The van der Waals surface area contributed by atoms with Crippen LogP contribution in [0.3, 0.4) is 0 Å². The zero-order valence-electron chi connectivity index (χ0n) is 11.4. The molecule has 1 atom stereocenters. The van der Waals surface area contributed by atoms with Crippen LogP contribution in [0.1, 0.15) is 12.5 Å². The lowest BCUT2D eigenvalue weighted by molar-refractivity contribution is -0.168. The smallest absolute Gasteiger partial charge is 0.326 e. The Bertz CT molecular complexity index is 440. The van der Waals surface area contributed by atoms with Gasteiger partial charge in [-0.1, -0.05) is 30.0 Å². The third kappa shape index (κ3) is 4.74. The number of hydrogen-bond donors (Lipinski definition) is 0. The highest BCUT2D eigenvalue weighted by molar-refractivity contribution is 5.76. The van der Waals surface area contributed by atoms with Gasteiger partial charge in [0.1, 0.15) is 0 Å². The second-order valence-corrected chi connectivity index (χ2v) is 3.70. The summed E-state index contributed by atoms with van der Waals surface area (Å²) in [5.74, 6) is 4.56. The van der Waals surface area contributed by atoms with Gasteiger partial charge in [0.2, 0.25) is 0 Å². The van der Waals surface area contributed by atoms with Gasteiger partial charge < -0.3 is 14.2 Å². The number of methoxy groups -OCH3 is 2. The number of rotatable bonds is 5. The van der Waals surface area contributed by atoms with Crippen molar-refractivity contribution < 1.29 is 19.0 Å². The standard InChI is InChI=1S/C15H18O4/c1-4-19-14(16)13(15(17-2)18-3)11-10-12-8-6-5-7-9-12/h5-9,13,15H,4H2,1-3H3. The number of carbonyl (C=O) groups is 1. The fourth-order valence-corrected chi connectivity index (χ4v) is 1.52. The Morgan fingerprint density at radius 1 is 1.21 bits per heavy atom. The molecule has 1 aromatic carbocycles. The van der Waals surface area contributed by atoms with Gasteiger partial charge in [-0.05, 0) is 19.1 Å². The normalized spacial score (nSPS) is 11.6. The van der Waals surface area contributed by atoms with Crippen LogP contribution in [0, 0.1) is 17.8 Å². The lowest BCUT2D eigenvalue weighted by Gasteiger charge is -2.18. The second kappa shape index (κ2) is 8.30. The molecule has 0 bridgehead atoms. The van der Waals surface area contributed by atoms with E-state index in [1.54, 1.807) is 6.92 Å². The van der Waals surface area contributed by atoms with E-state index < -0.39 is 18.2 Å². The molecule has 0 saturated heterocycles. The Hall–Kier alpha value is -1.83. The topological polar surface area (TPSA) is 44.8 Å². The molecule has 19 heavy (non-hydrogen) atoms. The zero-order valence-corrected chi connectivity index (χ0v) is 11.4. The Balaban J connectivity index is 2.91. The van der Waals surface area contributed by atoms with Crippen molar-refractivity contribution in [3.63, 3.8) is 0 Å². The molecule has 4 heteroatoms. The molecule has 0 saturated carbocycles. The maximum absolute atomic E-state index is 11.8. The third-order valence-electron chi connectivity index (χ3n) is 2.42. The highest BCUT2D eigenvalue weighted by Crippen LogP contribution is 2.10. The van der Waals surface area contributed by atoms with E-state index in [-0.39, 0.29) is 0 Å². The molecule has 0 aliphatic heterocycles. The van der Waals surface area contributed by atoms with Gasteiger partial charge in [-0.15, -0.1) is 0 Å². The zero-order chi connectivity index (χ0) is 14.1. The average molecular weight is 262 g/mol. The molecule has 102 valence electrons. The fourth-order valence-electron chi connectivity index (χ4n) is 1.52. The van der Waals surface area contributed by atoms with Crippen LogP contribution in [0.2, 0.25) is 0 Å². The summed E-state index contributed by atoms with van der Waals surface area (Å²) in [5.41, 5.74) is 0.822. The molecule has 4 nitrogen and oxygen atoms in total. The Morgan fingerprint density at radius 3 is 2.37 bits per heavy atom. The van der Waals surface area contributed by atoms with Crippen molar-refractivity contribution in [1.29, 1.82) is 0 Å². The quantitative estimate of drug-likeness (QED) is 0.461. The van der Waals surface area contributed by atoms with E-state index in [0.717, 1.165) is 5.56 Å². The van der Waals surface area contributed by atoms with Crippen LogP contribution in [0.4, 0.5) is 0 Å². The highest BCUT2D eigenvalue weighted by atomic mass is 16.7. The largest absolute Gasteiger partial charge is 0.465 e. The van der Waals surface area contributed by atoms with Gasteiger partial charge in [0.25, 0.3) is 0 Å². The van der Waals surface area contributed by atoms with Crippen molar-refractivity contribution in [3.05, 3.63) is 35.9 Å². The Labute approximate surface area is 113 Å². The van der Waals surface area contributed by atoms with E-state index in [1.165, 1.54) is 14.2 Å². The van der Waals surface area contributed by atoms with Gasteiger partial charge in [-0.3, -0.25) is 4.79 Å². The van der Waals surface area contributed by atoms with E-state index in [9.17, 15) is 4.79 Å². The first kappa shape index (κ1) is 15.2. The summed E-state index contributed by atoms with van der Waals surface area (Å²) in [7, 11) is 2.93. The van der Waals surface area contributed by atoms with Crippen molar-refractivity contribution in [2.24, 2.45) is 5.92 Å². The maximum atomic E-state index is 11.8.